The van der Waals surface area contributed by atoms with Crippen LogP contribution in [-0.4, -0.2) is 28.8 Å². The van der Waals surface area contributed by atoms with E-state index in [9.17, 15) is 14.7 Å². The van der Waals surface area contributed by atoms with Crippen LogP contribution in [0.3, 0.4) is 0 Å². The number of carboxylic acids is 1. The Labute approximate surface area is 159 Å². The van der Waals surface area contributed by atoms with Gasteiger partial charge in [-0.2, -0.15) is 0 Å². The largest absolute Gasteiger partial charge is 0.489 e. The summed E-state index contributed by atoms with van der Waals surface area (Å²) in [5, 5.41) is 11.8. The maximum atomic E-state index is 11.9. The van der Waals surface area contributed by atoms with Crippen LogP contribution in [0.2, 0.25) is 0 Å². The van der Waals surface area contributed by atoms with Crippen molar-refractivity contribution in [2.24, 2.45) is 0 Å². The number of hydrogen-bond donors (Lipinski definition) is 2. The van der Waals surface area contributed by atoms with Gasteiger partial charge in [0, 0.05) is 6.42 Å². The lowest BCUT2D eigenvalue weighted by atomic mass is 10.1. The first-order valence-corrected chi connectivity index (χ1v) is 8.71. The van der Waals surface area contributed by atoms with Gasteiger partial charge in [-0.05, 0) is 44.0 Å². The third-order valence-electron chi connectivity index (χ3n) is 3.58. The fourth-order valence-corrected chi connectivity index (χ4v) is 2.39. The highest BCUT2D eigenvalue weighted by Crippen LogP contribution is 2.17. The smallest absolute Gasteiger partial charge is 0.408 e. The van der Waals surface area contributed by atoms with Crippen molar-refractivity contribution < 1.29 is 24.2 Å². The monoisotopic (exact) mass is 371 g/mol. The van der Waals surface area contributed by atoms with Crippen LogP contribution in [0.25, 0.3) is 0 Å². The summed E-state index contributed by atoms with van der Waals surface area (Å²) >= 11 is 0. The van der Waals surface area contributed by atoms with E-state index < -0.39 is 23.7 Å². The second-order valence-electron chi connectivity index (χ2n) is 7.16. The molecule has 2 N–H and O–H groups in total. The van der Waals surface area contributed by atoms with Gasteiger partial charge in [0.25, 0.3) is 0 Å². The molecule has 0 saturated carbocycles. The Kier molecular flexibility index (Phi) is 6.82. The van der Waals surface area contributed by atoms with Crippen LogP contribution >= 0.6 is 0 Å². The maximum absolute atomic E-state index is 11.9. The van der Waals surface area contributed by atoms with Crippen LogP contribution in [0.5, 0.6) is 5.75 Å². The molecule has 144 valence electrons. The Morgan fingerprint density at radius 2 is 1.70 bits per heavy atom. The summed E-state index contributed by atoms with van der Waals surface area (Å²) in [6.07, 6.45) is -0.636. The number of carbonyl (C=O) groups excluding carboxylic acids is 1. The SMILES string of the molecule is CC(C)(C)OC(=O)N[C@H](Cc1cccc(OCc2ccccc2)c1)C(=O)O. The van der Waals surface area contributed by atoms with Gasteiger partial charge in [-0.15, -0.1) is 0 Å². The summed E-state index contributed by atoms with van der Waals surface area (Å²) in [4.78, 5) is 23.4. The van der Waals surface area contributed by atoms with Crippen molar-refractivity contribution in [3.63, 3.8) is 0 Å². The fraction of sp³-hybridized carbons (Fsp3) is 0.333. The molecule has 0 aromatic heterocycles. The summed E-state index contributed by atoms with van der Waals surface area (Å²) in [6, 6.07) is 15.8. The molecule has 27 heavy (non-hydrogen) atoms. The molecule has 6 nitrogen and oxygen atoms in total. The predicted molar refractivity (Wildman–Crippen MR) is 102 cm³/mol. The lowest BCUT2D eigenvalue weighted by Gasteiger charge is -2.22. The molecule has 0 saturated heterocycles. The minimum Gasteiger partial charge on any atom is -0.489 e. The molecule has 0 aliphatic rings. The number of benzene rings is 2. The number of amides is 1. The topological polar surface area (TPSA) is 84.9 Å². The molecule has 0 aliphatic heterocycles. The average Bonchev–Trinajstić information content (AvgIpc) is 2.59. The molecule has 1 atom stereocenters. The van der Waals surface area contributed by atoms with Crippen LogP contribution in [-0.2, 0) is 22.6 Å². The van der Waals surface area contributed by atoms with Crippen LogP contribution in [0.4, 0.5) is 4.79 Å². The van der Waals surface area contributed by atoms with E-state index in [4.69, 9.17) is 9.47 Å². The second-order valence-corrected chi connectivity index (χ2v) is 7.16. The van der Waals surface area contributed by atoms with Gasteiger partial charge < -0.3 is 19.9 Å². The van der Waals surface area contributed by atoms with Crippen LogP contribution < -0.4 is 10.1 Å². The van der Waals surface area contributed by atoms with Crippen molar-refractivity contribution >= 4 is 12.1 Å². The summed E-state index contributed by atoms with van der Waals surface area (Å²) in [5.74, 6) is -0.491. The Bertz CT molecular complexity index is 768. The number of carboxylic acid groups (broad SMARTS) is 1. The highest BCUT2D eigenvalue weighted by atomic mass is 16.6. The molecule has 0 unspecified atom stereocenters. The quantitative estimate of drug-likeness (QED) is 0.774. The number of alkyl carbamates (subject to hydrolysis) is 1. The molecule has 0 radical (unpaired) electrons. The number of rotatable bonds is 7. The Hall–Kier alpha value is -3.02. The second kappa shape index (κ2) is 9.07. The third-order valence-corrected chi connectivity index (χ3v) is 3.58. The first-order valence-electron chi connectivity index (χ1n) is 8.71. The number of nitrogens with one attached hydrogen (secondary N) is 1. The maximum Gasteiger partial charge on any atom is 0.408 e. The first-order chi connectivity index (χ1) is 12.7. The number of ether oxygens (including phenoxy) is 2. The highest BCUT2D eigenvalue weighted by molar-refractivity contribution is 5.80. The van der Waals surface area contributed by atoms with E-state index >= 15 is 0 Å². The molecule has 6 heteroatoms. The van der Waals surface area contributed by atoms with Crippen molar-refractivity contribution in [3.05, 3.63) is 65.7 Å². The van der Waals surface area contributed by atoms with E-state index in [1.807, 2.05) is 36.4 Å². The fourth-order valence-electron chi connectivity index (χ4n) is 2.39. The van der Waals surface area contributed by atoms with Gasteiger partial charge in [-0.1, -0.05) is 42.5 Å². The van der Waals surface area contributed by atoms with Gasteiger partial charge in [0.05, 0.1) is 0 Å². The molecule has 2 rings (SSSR count). The number of carbonyl (C=O) groups is 2. The normalized spacial score (nSPS) is 12.1. The van der Waals surface area contributed by atoms with Crippen molar-refractivity contribution in [2.75, 3.05) is 0 Å². The zero-order valence-electron chi connectivity index (χ0n) is 15.8. The Morgan fingerprint density at radius 3 is 2.33 bits per heavy atom. The average molecular weight is 371 g/mol. The first kappa shape index (κ1) is 20.3. The van der Waals surface area contributed by atoms with Gasteiger partial charge in [0.2, 0.25) is 0 Å². The van der Waals surface area contributed by atoms with Crippen molar-refractivity contribution in [1.29, 1.82) is 0 Å². The molecule has 0 aliphatic carbocycles. The van der Waals surface area contributed by atoms with Gasteiger partial charge in [-0.3, -0.25) is 0 Å². The van der Waals surface area contributed by atoms with Crippen molar-refractivity contribution in [2.45, 2.75) is 45.4 Å². The lowest BCUT2D eigenvalue weighted by molar-refractivity contribution is -0.139. The molecule has 2 aromatic rings. The molecule has 0 heterocycles. The van der Waals surface area contributed by atoms with E-state index in [1.54, 1.807) is 39.0 Å². The standard InChI is InChI=1S/C21H25NO5/c1-21(2,3)27-20(25)22-18(19(23)24)13-16-10-7-11-17(12-16)26-14-15-8-5-4-6-9-15/h4-12,18H,13-14H2,1-3H3,(H,22,25)(H,23,24)/t18-/m1/s1. The summed E-state index contributed by atoms with van der Waals surface area (Å²) in [7, 11) is 0. The van der Waals surface area contributed by atoms with E-state index in [1.165, 1.54) is 0 Å². The summed E-state index contributed by atoms with van der Waals surface area (Å²) in [5.41, 5.74) is 1.08. The Morgan fingerprint density at radius 1 is 1.04 bits per heavy atom. The molecule has 0 fully saturated rings. The third kappa shape index (κ3) is 7.40. The minimum absolute atomic E-state index is 0.122. The van der Waals surface area contributed by atoms with Crippen LogP contribution in [0.1, 0.15) is 31.9 Å². The van der Waals surface area contributed by atoms with Gasteiger partial charge in [0.1, 0.15) is 24.0 Å². The molecular weight excluding hydrogens is 346 g/mol. The Balaban J connectivity index is 1.99. The number of hydrogen-bond acceptors (Lipinski definition) is 4. The summed E-state index contributed by atoms with van der Waals surface area (Å²) in [6.45, 7) is 5.57. The number of aliphatic carboxylic acids is 1. The van der Waals surface area contributed by atoms with Gasteiger partial charge in [-0.25, -0.2) is 9.59 Å². The van der Waals surface area contributed by atoms with Crippen molar-refractivity contribution in [3.8, 4) is 5.75 Å². The molecule has 0 bridgehead atoms. The van der Waals surface area contributed by atoms with E-state index in [-0.39, 0.29) is 6.42 Å². The van der Waals surface area contributed by atoms with Gasteiger partial charge >= 0.3 is 12.1 Å². The summed E-state index contributed by atoms with van der Waals surface area (Å²) < 4.78 is 10.9. The zero-order chi connectivity index (χ0) is 19.9. The van der Waals surface area contributed by atoms with Crippen LogP contribution in [0.15, 0.2) is 54.6 Å². The molecule has 1 amide bonds. The highest BCUT2D eigenvalue weighted by Gasteiger charge is 2.24. The molecule has 0 spiro atoms. The minimum atomic E-state index is -1.13. The predicted octanol–water partition coefficient (Wildman–Crippen LogP) is 3.79. The van der Waals surface area contributed by atoms with E-state index in [0.717, 1.165) is 11.1 Å². The molecular formula is C21H25NO5. The van der Waals surface area contributed by atoms with E-state index in [0.29, 0.717) is 12.4 Å². The van der Waals surface area contributed by atoms with Crippen LogP contribution in [0, 0.1) is 0 Å². The lowest BCUT2D eigenvalue weighted by Crippen LogP contribution is -2.44. The zero-order valence-corrected chi connectivity index (χ0v) is 15.8. The molecule has 2 aromatic carbocycles. The van der Waals surface area contributed by atoms with Gasteiger partial charge in [0.15, 0.2) is 0 Å². The van der Waals surface area contributed by atoms with Crippen molar-refractivity contribution in [1.82, 2.24) is 5.32 Å². The van der Waals surface area contributed by atoms with E-state index in [2.05, 4.69) is 5.32 Å².